The van der Waals surface area contributed by atoms with Crippen LogP contribution in [0.1, 0.15) is 19.8 Å². The second-order valence-corrected chi connectivity index (χ2v) is 1.64. The van der Waals surface area contributed by atoms with E-state index in [1.807, 2.05) is 6.92 Å². The first kappa shape index (κ1) is 7.41. The Kier molecular flexibility index (Phi) is 4.23. The van der Waals surface area contributed by atoms with Gasteiger partial charge in [-0.1, -0.05) is 26.0 Å². The van der Waals surface area contributed by atoms with Crippen LogP contribution >= 0.6 is 0 Å². The average molecular weight is 114 g/mol. The maximum atomic E-state index is 11.7. The summed E-state index contributed by atoms with van der Waals surface area (Å²) in [5.41, 5.74) is 0. The Balaban J connectivity index is 3.20. The highest BCUT2D eigenvalue weighted by atomic mass is 19.1. The molecular formula is C7H11F. The van der Waals surface area contributed by atoms with E-state index in [0.29, 0.717) is 0 Å². The van der Waals surface area contributed by atoms with E-state index in [-0.39, 0.29) is 5.83 Å². The quantitative estimate of drug-likeness (QED) is 0.495. The Bertz CT molecular complexity index is 92.6. The molecule has 0 amide bonds. The second-order valence-electron chi connectivity index (χ2n) is 1.64. The van der Waals surface area contributed by atoms with E-state index in [1.54, 1.807) is 6.08 Å². The van der Waals surface area contributed by atoms with Crippen molar-refractivity contribution < 1.29 is 4.39 Å². The Morgan fingerprint density at radius 1 is 1.75 bits per heavy atom. The number of rotatable bonds is 3. The Hall–Kier alpha value is -0.590. The average Bonchev–Trinajstić information content (AvgIpc) is 1.66. The molecule has 0 spiro atoms. The van der Waals surface area contributed by atoms with Crippen LogP contribution in [-0.4, -0.2) is 0 Å². The maximum Gasteiger partial charge on any atom is 0.115 e. The van der Waals surface area contributed by atoms with Crippen LogP contribution in [0.15, 0.2) is 24.6 Å². The molecule has 0 fully saturated rings. The van der Waals surface area contributed by atoms with Crippen LogP contribution in [0.25, 0.3) is 0 Å². The summed E-state index contributed by atoms with van der Waals surface area (Å²) in [6.07, 6.45) is 5.17. The lowest BCUT2D eigenvalue weighted by molar-refractivity contribution is 0.670. The van der Waals surface area contributed by atoms with Crippen LogP contribution in [0.4, 0.5) is 4.39 Å². The summed E-state index contributed by atoms with van der Waals surface area (Å²) in [7, 11) is 0. The van der Waals surface area contributed by atoms with E-state index < -0.39 is 0 Å². The van der Waals surface area contributed by atoms with Crippen molar-refractivity contribution >= 4 is 0 Å². The second kappa shape index (κ2) is 4.57. The molecule has 0 atom stereocenters. The largest absolute Gasteiger partial charge is 0.208 e. The highest BCUT2D eigenvalue weighted by Gasteiger charge is 1.76. The van der Waals surface area contributed by atoms with E-state index in [1.165, 1.54) is 6.08 Å². The minimum absolute atomic E-state index is 0.363. The van der Waals surface area contributed by atoms with Gasteiger partial charge in [0.1, 0.15) is 5.83 Å². The number of halogens is 1. The summed E-state index contributed by atoms with van der Waals surface area (Å²) in [5.74, 6) is -0.363. The van der Waals surface area contributed by atoms with Crippen molar-refractivity contribution in [2.45, 2.75) is 19.8 Å². The molecule has 0 aliphatic carbocycles. The fourth-order valence-corrected chi connectivity index (χ4v) is 0.378. The van der Waals surface area contributed by atoms with Crippen molar-refractivity contribution in [3.63, 3.8) is 0 Å². The summed E-state index contributed by atoms with van der Waals surface area (Å²) in [4.78, 5) is 0. The fraction of sp³-hybridized carbons (Fsp3) is 0.429. The molecule has 0 rings (SSSR count). The molecule has 1 heteroatoms. The molecule has 0 aromatic carbocycles. The van der Waals surface area contributed by atoms with Crippen LogP contribution < -0.4 is 0 Å². The number of hydrogen-bond acceptors (Lipinski definition) is 0. The summed E-state index contributed by atoms with van der Waals surface area (Å²) >= 11 is 0. The third kappa shape index (κ3) is 5.41. The molecule has 46 valence electrons. The Morgan fingerprint density at radius 3 is 2.75 bits per heavy atom. The first-order valence-electron chi connectivity index (χ1n) is 2.78. The number of allylic oxidation sites excluding steroid dienone is 3. The van der Waals surface area contributed by atoms with Crippen LogP contribution in [-0.2, 0) is 0 Å². The summed E-state index contributed by atoms with van der Waals surface area (Å²) < 4.78 is 11.7. The lowest BCUT2D eigenvalue weighted by Crippen LogP contribution is -1.61. The van der Waals surface area contributed by atoms with Crippen molar-refractivity contribution in [3.05, 3.63) is 24.6 Å². The molecule has 0 N–H and O–H groups in total. The third-order valence-electron chi connectivity index (χ3n) is 0.754. The maximum absolute atomic E-state index is 11.7. The van der Waals surface area contributed by atoms with Crippen molar-refractivity contribution in [1.82, 2.24) is 0 Å². The molecule has 0 aliphatic rings. The van der Waals surface area contributed by atoms with Crippen molar-refractivity contribution in [3.8, 4) is 0 Å². The van der Waals surface area contributed by atoms with Crippen LogP contribution in [0.5, 0.6) is 0 Å². The topological polar surface area (TPSA) is 0 Å². The molecular weight excluding hydrogens is 103 g/mol. The molecule has 0 nitrogen and oxygen atoms in total. The monoisotopic (exact) mass is 114 g/mol. The van der Waals surface area contributed by atoms with Gasteiger partial charge in [-0.15, -0.1) is 0 Å². The molecule has 0 bridgehead atoms. The van der Waals surface area contributed by atoms with Crippen LogP contribution in [0.3, 0.4) is 0 Å². The van der Waals surface area contributed by atoms with Gasteiger partial charge in [0, 0.05) is 0 Å². The van der Waals surface area contributed by atoms with E-state index >= 15 is 0 Å². The lowest BCUT2D eigenvalue weighted by Gasteiger charge is -1.80. The predicted molar refractivity (Wildman–Crippen MR) is 34.3 cm³/mol. The molecule has 8 heavy (non-hydrogen) atoms. The van der Waals surface area contributed by atoms with Gasteiger partial charge in [-0.05, 0) is 12.5 Å². The van der Waals surface area contributed by atoms with Gasteiger partial charge in [0.15, 0.2) is 0 Å². The molecule has 0 radical (unpaired) electrons. The minimum atomic E-state index is -0.363. The minimum Gasteiger partial charge on any atom is -0.208 e. The summed E-state index contributed by atoms with van der Waals surface area (Å²) in [6.45, 7) is 5.12. The molecule has 0 unspecified atom stereocenters. The normalized spacial score (nSPS) is 10.2. The third-order valence-corrected chi connectivity index (χ3v) is 0.754. The summed E-state index contributed by atoms with van der Waals surface area (Å²) in [5, 5.41) is 0. The highest BCUT2D eigenvalue weighted by molar-refractivity contribution is 5.05. The van der Waals surface area contributed by atoms with E-state index in [0.717, 1.165) is 12.8 Å². The SMILES string of the molecule is C=C(F)/C=C\CCC. The molecule has 0 heterocycles. The van der Waals surface area contributed by atoms with Crippen molar-refractivity contribution in [2.75, 3.05) is 0 Å². The number of unbranched alkanes of at least 4 members (excludes halogenated alkanes) is 1. The van der Waals surface area contributed by atoms with E-state index in [9.17, 15) is 4.39 Å². The van der Waals surface area contributed by atoms with Gasteiger partial charge in [-0.2, -0.15) is 0 Å². The standard InChI is InChI=1S/C7H11F/c1-3-4-5-6-7(2)8/h5-6H,2-4H2,1H3/b6-5-. The molecule has 0 saturated heterocycles. The molecule has 0 aromatic heterocycles. The summed E-state index contributed by atoms with van der Waals surface area (Å²) in [6, 6.07) is 0. The zero-order valence-corrected chi connectivity index (χ0v) is 5.15. The van der Waals surface area contributed by atoms with Crippen LogP contribution in [0.2, 0.25) is 0 Å². The van der Waals surface area contributed by atoms with Gasteiger partial charge >= 0.3 is 0 Å². The van der Waals surface area contributed by atoms with Crippen molar-refractivity contribution in [2.24, 2.45) is 0 Å². The predicted octanol–water partition coefficient (Wildman–Crippen LogP) is 2.83. The zero-order valence-electron chi connectivity index (χ0n) is 5.15. The van der Waals surface area contributed by atoms with Gasteiger partial charge in [0.05, 0.1) is 0 Å². The molecule has 0 aliphatic heterocycles. The van der Waals surface area contributed by atoms with Gasteiger partial charge in [-0.25, -0.2) is 4.39 Å². The van der Waals surface area contributed by atoms with Gasteiger partial charge < -0.3 is 0 Å². The zero-order chi connectivity index (χ0) is 6.41. The Morgan fingerprint density at radius 2 is 2.38 bits per heavy atom. The first-order chi connectivity index (χ1) is 3.77. The lowest BCUT2D eigenvalue weighted by atomic mass is 10.3. The molecule has 0 aromatic rings. The van der Waals surface area contributed by atoms with Crippen LogP contribution in [0, 0.1) is 0 Å². The van der Waals surface area contributed by atoms with E-state index in [2.05, 4.69) is 6.58 Å². The smallest absolute Gasteiger partial charge is 0.115 e. The first-order valence-corrected chi connectivity index (χ1v) is 2.78. The Labute approximate surface area is 49.7 Å². The van der Waals surface area contributed by atoms with Gasteiger partial charge in [0.2, 0.25) is 0 Å². The number of hydrogen-bond donors (Lipinski definition) is 0. The van der Waals surface area contributed by atoms with Gasteiger partial charge in [-0.3, -0.25) is 0 Å². The van der Waals surface area contributed by atoms with Crippen molar-refractivity contribution in [1.29, 1.82) is 0 Å². The fourth-order valence-electron chi connectivity index (χ4n) is 0.378. The van der Waals surface area contributed by atoms with E-state index in [4.69, 9.17) is 0 Å². The highest BCUT2D eigenvalue weighted by Crippen LogP contribution is 1.95. The molecule has 0 saturated carbocycles. The van der Waals surface area contributed by atoms with Gasteiger partial charge in [0.25, 0.3) is 0 Å².